The molecule has 3 saturated heterocycles. The first-order chi connectivity index (χ1) is 21.4. The van der Waals surface area contributed by atoms with Crippen molar-refractivity contribution in [3.63, 3.8) is 0 Å². The number of benzene rings is 2. The highest BCUT2D eigenvalue weighted by atomic mass is 19.1. The fraction of sp³-hybridized carbons (Fsp3) is 0.412. The second-order valence-corrected chi connectivity index (χ2v) is 12.3. The number of piperazine rings is 1. The lowest BCUT2D eigenvalue weighted by Gasteiger charge is -2.39. The summed E-state index contributed by atoms with van der Waals surface area (Å²) in [7, 11) is 4.15. The Morgan fingerprint density at radius 3 is 2.61 bits per heavy atom. The van der Waals surface area contributed by atoms with E-state index in [2.05, 4.69) is 44.0 Å². The Morgan fingerprint density at radius 1 is 1.11 bits per heavy atom. The molecular formula is C34H34F2N8. The highest BCUT2D eigenvalue weighted by Crippen LogP contribution is 2.38. The summed E-state index contributed by atoms with van der Waals surface area (Å²) in [6.45, 7) is 3.23. The molecular weight excluding hydrogens is 558 g/mol. The Morgan fingerprint density at radius 2 is 1.91 bits per heavy atom. The first-order valence-corrected chi connectivity index (χ1v) is 15.3. The van der Waals surface area contributed by atoms with E-state index in [1.54, 1.807) is 18.3 Å². The van der Waals surface area contributed by atoms with E-state index in [9.17, 15) is 9.65 Å². The lowest BCUT2D eigenvalue weighted by atomic mass is 9.94. The van der Waals surface area contributed by atoms with Gasteiger partial charge >= 0.3 is 0 Å². The number of hydrogen-bond acceptors (Lipinski definition) is 8. The zero-order valence-electron chi connectivity index (χ0n) is 24.9. The number of nitrogens with one attached hydrogen (secondary N) is 1. The van der Waals surface area contributed by atoms with Crippen LogP contribution in [-0.4, -0.2) is 78.3 Å². The van der Waals surface area contributed by atoms with Crippen molar-refractivity contribution in [2.45, 2.75) is 50.2 Å². The maximum absolute atomic E-state index is 16.9. The van der Waals surface area contributed by atoms with Gasteiger partial charge < -0.3 is 15.1 Å². The van der Waals surface area contributed by atoms with Gasteiger partial charge in [-0.15, -0.1) is 6.42 Å². The number of aromatic nitrogens is 3. The molecule has 0 spiro atoms. The Bertz CT molecular complexity index is 1840. The van der Waals surface area contributed by atoms with Crippen LogP contribution in [0.4, 0.5) is 20.5 Å². The minimum Gasteiger partial charge on any atom is -0.357 e. The molecule has 2 aromatic carbocycles. The molecule has 3 aliphatic heterocycles. The molecule has 3 atom stereocenters. The molecule has 44 heavy (non-hydrogen) atoms. The molecule has 3 aliphatic rings. The lowest BCUT2D eigenvalue weighted by molar-refractivity contribution is 0.211. The minimum absolute atomic E-state index is 0.0000191. The fourth-order valence-electron chi connectivity index (χ4n) is 7.26. The van der Waals surface area contributed by atoms with Crippen molar-refractivity contribution >= 4 is 33.4 Å². The standard InChI is InChI=1S/C34H34F2N8/c1-4-25-28(35)11-8-21-13-20(15-37)14-26(29(21)25)31-30(36)32-27(16-39-31)33(42(2)17-22-7-5-6-12-38-22)41-34(40-32)44-18-23-9-10-24(19-44)43(23)3/h1,8,11,13-14,16,22-24,38H,5-7,9-10,12,17-19H2,2-3H3/t22-,23?,24?/m1/s1. The number of halogens is 2. The van der Waals surface area contributed by atoms with Crippen molar-refractivity contribution < 1.29 is 8.78 Å². The van der Waals surface area contributed by atoms with Crippen LogP contribution in [0.2, 0.25) is 0 Å². The summed E-state index contributed by atoms with van der Waals surface area (Å²) in [4.78, 5) is 21.1. The van der Waals surface area contributed by atoms with Gasteiger partial charge in [-0.2, -0.15) is 10.2 Å². The van der Waals surface area contributed by atoms with Gasteiger partial charge in [0, 0.05) is 62.0 Å². The van der Waals surface area contributed by atoms with Crippen LogP contribution in [0.25, 0.3) is 32.9 Å². The fourth-order valence-corrected chi connectivity index (χ4v) is 7.26. The lowest BCUT2D eigenvalue weighted by Crippen LogP contribution is -2.52. The summed E-state index contributed by atoms with van der Waals surface area (Å²) >= 11 is 0. The van der Waals surface area contributed by atoms with Crippen molar-refractivity contribution in [2.75, 3.05) is 50.1 Å². The smallest absolute Gasteiger partial charge is 0.228 e. The number of nitrogens with zero attached hydrogens (tertiary/aromatic N) is 7. The molecule has 8 nitrogen and oxygen atoms in total. The van der Waals surface area contributed by atoms with Gasteiger partial charge in [0.05, 0.1) is 22.6 Å². The monoisotopic (exact) mass is 592 g/mol. The molecule has 10 heteroatoms. The highest BCUT2D eigenvalue weighted by molar-refractivity contribution is 6.03. The van der Waals surface area contributed by atoms with Gasteiger partial charge in [-0.05, 0) is 62.9 Å². The Kier molecular flexibility index (Phi) is 7.28. The molecule has 3 fully saturated rings. The van der Waals surface area contributed by atoms with Gasteiger partial charge in [-0.25, -0.2) is 13.8 Å². The summed E-state index contributed by atoms with van der Waals surface area (Å²) in [5, 5.41) is 14.7. The van der Waals surface area contributed by atoms with Crippen LogP contribution < -0.4 is 15.1 Å². The van der Waals surface area contributed by atoms with Crippen LogP contribution >= 0.6 is 0 Å². The third-order valence-electron chi connectivity index (χ3n) is 9.65. The normalized spacial score (nSPS) is 21.9. The predicted octanol–water partition coefficient (Wildman–Crippen LogP) is 4.84. The number of nitriles is 1. The van der Waals surface area contributed by atoms with Crippen LogP contribution in [0, 0.1) is 35.3 Å². The number of pyridine rings is 1. The number of rotatable bonds is 5. The van der Waals surface area contributed by atoms with E-state index in [1.807, 2.05) is 7.05 Å². The van der Waals surface area contributed by atoms with Gasteiger partial charge in [0.2, 0.25) is 5.95 Å². The minimum atomic E-state index is -0.655. The van der Waals surface area contributed by atoms with E-state index in [0.29, 0.717) is 58.2 Å². The van der Waals surface area contributed by atoms with E-state index >= 15 is 4.39 Å². The van der Waals surface area contributed by atoms with E-state index in [4.69, 9.17) is 16.4 Å². The van der Waals surface area contributed by atoms with E-state index < -0.39 is 11.6 Å². The molecule has 5 heterocycles. The predicted molar refractivity (Wildman–Crippen MR) is 169 cm³/mol. The maximum Gasteiger partial charge on any atom is 0.228 e. The highest BCUT2D eigenvalue weighted by Gasteiger charge is 2.38. The molecule has 1 N–H and O–H groups in total. The molecule has 224 valence electrons. The quantitative estimate of drug-likeness (QED) is 0.330. The molecule has 4 aromatic rings. The van der Waals surface area contributed by atoms with Crippen LogP contribution in [0.3, 0.4) is 0 Å². The van der Waals surface area contributed by atoms with Crippen molar-refractivity contribution in [1.29, 1.82) is 5.26 Å². The Balaban J connectivity index is 1.42. The van der Waals surface area contributed by atoms with E-state index in [-0.39, 0.29) is 22.3 Å². The average molecular weight is 593 g/mol. The first kappa shape index (κ1) is 28.4. The molecule has 0 radical (unpaired) electrons. The van der Waals surface area contributed by atoms with Crippen LogP contribution in [0.1, 0.15) is 43.2 Å². The zero-order valence-corrected chi connectivity index (χ0v) is 24.9. The molecule has 2 unspecified atom stereocenters. The van der Waals surface area contributed by atoms with Crippen molar-refractivity contribution in [3.8, 4) is 29.7 Å². The Labute approximate surface area is 255 Å². The number of hydrogen-bond donors (Lipinski definition) is 1. The second kappa shape index (κ2) is 11.3. The topological polar surface area (TPSA) is 84.2 Å². The van der Waals surface area contributed by atoms with Gasteiger partial charge in [0.25, 0.3) is 0 Å². The van der Waals surface area contributed by atoms with Crippen LogP contribution in [0.15, 0.2) is 30.5 Å². The van der Waals surface area contributed by atoms with E-state index in [0.717, 1.165) is 45.3 Å². The summed E-state index contributed by atoms with van der Waals surface area (Å²) in [6, 6.07) is 9.17. The molecule has 0 amide bonds. The van der Waals surface area contributed by atoms with Gasteiger partial charge in [-0.3, -0.25) is 9.88 Å². The Hall–Kier alpha value is -4.38. The SMILES string of the molecule is C#Cc1c(F)ccc2cc(C#N)cc(-c3ncc4c(N(C)C[C@H]5CCCCN5)nc(N5CC6CCC(C5)N6C)nc4c3F)c12. The number of piperidine rings is 1. The largest absolute Gasteiger partial charge is 0.357 e. The van der Waals surface area contributed by atoms with Gasteiger partial charge in [-0.1, -0.05) is 18.4 Å². The van der Waals surface area contributed by atoms with Crippen molar-refractivity contribution in [1.82, 2.24) is 25.2 Å². The van der Waals surface area contributed by atoms with Gasteiger partial charge in [0.1, 0.15) is 22.8 Å². The molecule has 0 aliphatic carbocycles. The number of terminal acetylenes is 1. The molecule has 2 bridgehead atoms. The van der Waals surface area contributed by atoms with Crippen molar-refractivity contribution in [2.24, 2.45) is 0 Å². The van der Waals surface area contributed by atoms with Crippen LogP contribution in [0.5, 0.6) is 0 Å². The summed E-state index contributed by atoms with van der Waals surface area (Å²) in [5.41, 5.74) is 0.649. The maximum atomic E-state index is 16.9. The molecule has 2 aromatic heterocycles. The average Bonchev–Trinajstić information content (AvgIpc) is 3.23. The van der Waals surface area contributed by atoms with Gasteiger partial charge in [0.15, 0.2) is 5.82 Å². The summed E-state index contributed by atoms with van der Waals surface area (Å²) < 4.78 is 31.8. The molecule has 7 rings (SSSR count). The molecule has 0 saturated carbocycles. The summed E-state index contributed by atoms with van der Waals surface area (Å²) in [5.74, 6) is 2.27. The third kappa shape index (κ3) is 4.79. The number of anilines is 2. The number of likely N-dealkylation sites (N-methyl/N-ethyl adjacent to an activating group) is 2. The summed E-state index contributed by atoms with van der Waals surface area (Å²) in [6.07, 6.45) is 12.9. The number of fused-ring (bicyclic) bond motifs is 4. The van der Waals surface area contributed by atoms with Crippen molar-refractivity contribution in [3.05, 3.63) is 53.2 Å². The second-order valence-electron chi connectivity index (χ2n) is 12.3. The van der Waals surface area contributed by atoms with E-state index in [1.165, 1.54) is 18.6 Å². The zero-order chi connectivity index (χ0) is 30.5. The first-order valence-electron chi connectivity index (χ1n) is 15.3. The third-order valence-corrected chi connectivity index (χ3v) is 9.65. The van der Waals surface area contributed by atoms with Crippen LogP contribution in [-0.2, 0) is 0 Å².